The Hall–Kier alpha value is -4.84. The minimum Gasteiger partial charge on any atom is -0.373 e. The molecule has 0 aliphatic heterocycles. The van der Waals surface area contributed by atoms with E-state index in [2.05, 4.69) is 95.8 Å². The third-order valence-electron chi connectivity index (χ3n) is 14.4. The number of nitrogens with one attached hydrogen (secondary N) is 2. The molecule has 0 rings (SSSR count). The van der Waals surface area contributed by atoms with E-state index in [-0.39, 0.29) is 77.5 Å². The van der Waals surface area contributed by atoms with E-state index >= 15 is 0 Å². The largest absolute Gasteiger partial charge is 0.483 e. The summed E-state index contributed by atoms with van der Waals surface area (Å²) >= 11 is 0. The number of ether oxygens (including phenoxy) is 8. The second-order valence-corrected chi connectivity index (χ2v) is 22.7. The molecule has 560 valence electrons. The van der Waals surface area contributed by atoms with Crippen molar-refractivity contribution in [3.8, 4) is 0 Å². The SMILES string of the molecule is C=CCC(CC=C)(CCC(=O)COCC(F)(F)OC(F)(F)C(F)(F)F)CCC(CC=C)(CC=C)CNC(=O)C(F)(F)OC(F)(F)COCC.C=CCC(CC=C)(CCCCOCC(F)(F)OC(F)(F)C(F)(F)F)CCC(CC=C)(CC=C)CNCC(F)(F)OC(F)(F)COCC. The Morgan fingerprint density at radius 3 is 1.08 bits per heavy atom. The fraction of sp³-hybridized carbons (Fsp3) is 0.710. The molecule has 0 bridgehead atoms. The summed E-state index contributed by atoms with van der Waals surface area (Å²) in [6, 6.07) is 0. The van der Waals surface area contributed by atoms with Crippen LogP contribution in [-0.2, 0) is 47.5 Å². The summed E-state index contributed by atoms with van der Waals surface area (Å²) in [4.78, 5) is 24.7. The van der Waals surface area contributed by atoms with Gasteiger partial charge in [0.15, 0.2) is 5.78 Å². The van der Waals surface area contributed by atoms with Crippen LogP contribution in [0.5, 0.6) is 0 Å². The van der Waals surface area contributed by atoms with Crippen LogP contribution in [0.15, 0.2) is 101 Å². The first-order valence-corrected chi connectivity index (χ1v) is 29.6. The molecule has 0 aromatic rings. The molecular formula is C62H88F22N2O10. The van der Waals surface area contributed by atoms with Gasteiger partial charge >= 0.3 is 67.1 Å². The van der Waals surface area contributed by atoms with Gasteiger partial charge in [-0.15, -0.1) is 52.6 Å². The lowest BCUT2D eigenvalue weighted by atomic mass is 9.67. The molecule has 0 radical (unpaired) electrons. The van der Waals surface area contributed by atoms with E-state index in [1.807, 2.05) is 5.32 Å². The maximum atomic E-state index is 14.3. The summed E-state index contributed by atoms with van der Waals surface area (Å²) in [7, 11) is 0. The van der Waals surface area contributed by atoms with Crippen LogP contribution in [0.4, 0.5) is 96.6 Å². The Balaban J connectivity index is 0. The van der Waals surface area contributed by atoms with E-state index < -0.39 is 147 Å². The van der Waals surface area contributed by atoms with Crippen LogP contribution in [0, 0.1) is 21.7 Å². The molecule has 12 nitrogen and oxygen atoms in total. The topological polar surface area (TPSA) is 132 Å². The monoisotopic (exact) mass is 1440 g/mol. The summed E-state index contributed by atoms with van der Waals surface area (Å²) in [5.41, 5.74) is -3.08. The van der Waals surface area contributed by atoms with Gasteiger partial charge in [0.05, 0.1) is 6.54 Å². The highest BCUT2D eigenvalue weighted by molar-refractivity contribution is 5.82. The van der Waals surface area contributed by atoms with Crippen LogP contribution < -0.4 is 10.6 Å². The molecule has 0 saturated carbocycles. The number of allylic oxidation sites excluding steroid dienone is 8. The summed E-state index contributed by atoms with van der Waals surface area (Å²) in [5, 5.41) is 4.48. The fourth-order valence-electron chi connectivity index (χ4n) is 9.82. The fourth-order valence-corrected chi connectivity index (χ4v) is 9.82. The second-order valence-electron chi connectivity index (χ2n) is 22.7. The Morgan fingerprint density at radius 1 is 0.365 bits per heavy atom. The molecule has 34 heteroatoms. The smallest absolute Gasteiger partial charge is 0.373 e. The third-order valence-corrected chi connectivity index (χ3v) is 14.4. The lowest BCUT2D eigenvalue weighted by Crippen LogP contribution is -2.50. The van der Waals surface area contributed by atoms with Crippen molar-refractivity contribution in [1.29, 1.82) is 0 Å². The number of Topliss-reactive ketones (excluding diaryl/α,β-unsaturated/α-hetero) is 1. The summed E-state index contributed by atoms with van der Waals surface area (Å²) in [6.07, 6.45) is -36.3. The van der Waals surface area contributed by atoms with Gasteiger partial charge < -0.3 is 29.6 Å². The number of hydrogen-bond donors (Lipinski definition) is 2. The lowest BCUT2D eigenvalue weighted by Gasteiger charge is -2.39. The van der Waals surface area contributed by atoms with E-state index in [0.29, 0.717) is 51.4 Å². The third kappa shape index (κ3) is 36.8. The standard InChI is InChI=1S/C31H42F11NO6.C31H46F11NO4/c1-6-12-25(13-7-2,16-11-23(44)19-47-22-28(34,35)49-31(41,42)30(38,39)40)17-18-26(14-8-3,15-9-4)20-43-24(45)29(36,37)48-27(32,33)21-46-10-5;1-6-13-25(14-7-2,17-11-12-20-45-24-29(36,37)47-31(41,42)30(38,39)40)18-19-26(15-8-3,16-9-4)21-43-22-27(32,33)46-28(34,35)23-44-10-5/h6-9H,1-4,10-22H2,5H3,(H,43,45);6-9,43H,1-4,10-24H2,5H3. The lowest BCUT2D eigenvalue weighted by molar-refractivity contribution is -0.460. The zero-order valence-electron chi connectivity index (χ0n) is 53.5. The van der Waals surface area contributed by atoms with Crippen molar-refractivity contribution in [3.63, 3.8) is 0 Å². The number of rotatable bonds is 57. The van der Waals surface area contributed by atoms with E-state index in [0.717, 1.165) is 0 Å². The molecule has 1 amide bonds. The highest BCUT2D eigenvalue weighted by Crippen LogP contribution is 2.47. The van der Waals surface area contributed by atoms with E-state index in [9.17, 15) is 106 Å². The Labute approximate surface area is 544 Å². The molecule has 0 aromatic heterocycles. The van der Waals surface area contributed by atoms with Gasteiger partial charge in [0.2, 0.25) is 0 Å². The van der Waals surface area contributed by atoms with Gasteiger partial charge in [0.1, 0.15) is 33.0 Å². The molecule has 0 fully saturated rings. The molecule has 2 N–H and O–H groups in total. The van der Waals surface area contributed by atoms with Gasteiger partial charge in [-0.3, -0.25) is 14.3 Å². The number of halogens is 22. The van der Waals surface area contributed by atoms with Crippen LogP contribution >= 0.6 is 0 Å². The maximum Gasteiger partial charge on any atom is 0.483 e. The van der Waals surface area contributed by atoms with Gasteiger partial charge in [0, 0.05) is 39.3 Å². The van der Waals surface area contributed by atoms with Crippen molar-refractivity contribution >= 4 is 11.7 Å². The van der Waals surface area contributed by atoms with Crippen molar-refractivity contribution in [2.75, 3.05) is 72.5 Å². The molecule has 96 heavy (non-hydrogen) atoms. The molecule has 0 aromatic carbocycles. The van der Waals surface area contributed by atoms with Crippen molar-refractivity contribution in [2.45, 2.75) is 184 Å². The number of carbonyl (C=O) groups is 2. The second kappa shape index (κ2) is 41.7. The quantitative estimate of drug-likeness (QED) is 0.0343. The van der Waals surface area contributed by atoms with Gasteiger partial charge in [-0.1, -0.05) is 55.0 Å². The minimum atomic E-state index is -6.42. The highest BCUT2D eigenvalue weighted by Gasteiger charge is 2.65. The number of ketones is 1. The summed E-state index contributed by atoms with van der Waals surface area (Å²) in [6.45, 7) is 22.2. The van der Waals surface area contributed by atoms with Crippen LogP contribution in [0.3, 0.4) is 0 Å². The van der Waals surface area contributed by atoms with E-state index in [1.165, 1.54) is 38.2 Å². The number of unbranched alkanes of at least 4 members (excludes halogenated alkanes) is 1. The Morgan fingerprint density at radius 2 is 0.698 bits per heavy atom. The average molecular weight is 1440 g/mol. The van der Waals surface area contributed by atoms with E-state index in [1.54, 1.807) is 24.3 Å². The molecule has 0 atom stereocenters. The Bertz CT molecular complexity index is 2310. The number of hydrogen-bond acceptors (Lipinski definition) is 11. The molecule has 0 spiro atoms. The number of carbonyl (C=O) groups excluding carboxylic acids is 2. The predicted molar refractivity (Wildman–Crippen MR) is 311 cm³/mol. The minimum absolute atomic E-state index is 0.0255. The van der Waals surface area contributed by atoms with Crippen LogP contribution in [0.1, 0.15) is 123 Å². The van der Waals surface area contributed by atoms with Crippen molar-refractivity contribution in [2.24, 2.45) is 21.7 Å². The van der Waals surface area contributed by atoms with Crippen molar-refractivity contribution in [1.82, 2.24) is 10.6 Å². The zero-order valence-corrected chi connectivity index (χ0v) is 53.5. The molecule has 0 heterocycles. The average Bonchev–Trinajstić information content (AvgIpc) is 0.857. The first-order chi connectivity index (χ1) is 44.0. The highest BCUT2D eigenvalue weighted by atomic mass is 19.4. The molecule has 0 unspecified atom stereocenters. The van der Waals surface area contributed by atoms with Crippen LogP contribution in [0.2, 0.25) is 0 Å². The van der Waals surface area contributed by atoms with E-state index in [4.69, 9.17) is 0 Å². The zero-order chi connectivity index (χ0) is 74.7. The molecular weight excluding hydrogens is 1350 g/mol. The summed E-state index contributed by atoms with van der Waals surface area (Å²) < 4.78 is 321. The van der Waals surface area contributed by atoms with Crippen LogP contribution in [-0.4, -0.2) is 145 Å². The first kappa shape index (κ1) is 93.2. The Kier molecular flexibility index (Phi) is 40.5. The van der Waals surface area contributed by atoms with Gasteiger partial charge in [-0.2, -0.15) is 96.6 Å². The maximum absolute atomic E-state index is 14.3. The van der Waals surface area contributed by atoms with Crippen molar-refractivity contribution < 1.29 is 144 Å². The van der Waals surface area contributed by atoms with Gasteiger partial charge in [0.25, 0.3) is 0 Å². The number of amides is 1. The molecule has 0 saturated heterocycles. The van der Waals surface area contributed by atoms with Crippen LogP contribution in [0.25, 0.3) is 0 Å². The van der Waals surface area contributed by atoms with Gasteiger partial charge in [-0.25, -0.2) is 14.2 Å². The molecule has 0 aliphatic carbocycles. The van der Waals surface area contributed by atoms with Gasteiger partial charge in [-0.05, 0) is 132 Å². The van der Waals surface area contributed by atoms with Crippen molar-refractivity contribution in [3.05, 3.63) is 101 Å². The normalized spacial score (nSPS) is 13.7. The first-order valence-electron chi connectivity index (χ1n) is 29.6. The number of alkyl halides is 22. The molecule has 0 aliphatic rings. The predicted octanol–water partition coefficient (Wildman–Crippen LogP) is 18.4. The summed E-state index contributed by atoms with van der Waals surface area (Å²) in [5.74, 6) is -2.97.